The molecule has 2 heteroatoms. The second-order valence-electron chi connectivity index (χ2n) is 4.00. The highest BCUT2D eigenvalue weighted by Crippen LogP contribution is 2.42. The van der Waals surface area contributed by atoms with E-state index in [9.17, 15) is 4.39 Å². The highest BCUT2D eigenvalue weighted by molar-refractivity contribution is 5.27. The molecule has 0 saturated heterocycles. The van der Waals surface area contributed by atoms with Gasteiger partial charge in [0, 0.05) is 0 Å². The zero-order chi connectivity index (χ0) is 9.97. The lowest BCUT2D eigenvalue weighted by Crippen LogP contribution is -2.25. The van der Waals surface area contributed by atoms with Crippen molar-refractivity contribution in [2.24, 2.45) is 5.92 Å². The van der Waals surface area contributed by atoms with Crippen molar-refractivity contribution in [1.29, 1.82) is 0 Å². The molecule has 76 valence electrons. The fourth-order valence-electron chi connectivity index (χ4n) is 2.06. The van der Waals surface area contributed by atoms with Crippen molar-refractivity contribution in [2.45, 2.75) is 25.4 Å². The van der Waals surface area contributed by atoms with Crippen molar-refractivity contribution in [3.8, 4) is 0 Å². The van der Waals surface area contributed by atoms with Crippen molar-refractivity contribution in [3.05, 3.63) is 35.4 Å². The summed E-state index contributed by atoms with van der Waals surface area (Å²) in [6, 6.07) is 7.86. The van der Waals surface area contributed by atoms with Crippen LogP contribution >= 0.6 is 0 Å². The first kappa shape index (κ1) is 9.66. The number of alkyl halides is 1. The molecule has 0 amide bonds. The molecule has 0 bridgehead atoms. The Bertz CT molecular complexity index is 292. The molecule has 14 heavy (non-hydrogen) atoms. The molecule has 0 spiro atoms. The van der Waals surface area contributed by atoms with Gasteiger partial charge in [-0.25, -0.2) is 0 Å². The third-order valence-corrected chi connectivity index (χ3v) is 3.21. The van der Waals surface area contributed by atoms with Crippen LogP contribution < -0.4 is 0 Å². The van der Waals surface area contributed by atoms with Gasteiger partial charge in [0.1, 0.15) is 0 Å². The minimum Gasteiger partial charge on any atom is -0.392 e. The highest BCUT2D eigenvalue weighted by atomic mass is 19.1. The fourth-order valence-corrected chi connectivity index (χ4v) is 2.06. The Morgan fingerprint density at radius 2 is 1.93 bits per heavy atom. The van der Waals surface area contributed by atoms with Crippen LogP contribution in [0.5, 0.6) is 0 Å². The summed E-state index contributed by atoms with van der Waals surface area (Å²) >= 11 is 0. The van der Waals surface area contributed by atoms with E-state index in [0.717, 1.165) is 18.4 Å². The van der Waals surface area contributed by atoms with Gasteiger partial charge in [0.25, 0.3) is 0 Å². The van der Waals surface area contributed by atoms with E-state index in [-0.39, 0.29) is 19.2 Å². The van der Waals surface area contributed by atoms with E-state index >= 15 is 0 Å². The van der Waals surface area contributed by atoms with E-state index in [1.54, 1.807) is 0 Å². The Labute approximate surface area is 83.6 Å². The van der Waals surface area contributed by atoms with Crippen molar-refractivity contribution >= 4 is 0 Å². The Balaban J connectivity index is 2.09. The average molecular weight is 194 g/mol. The minimum absolute atomic E-state index is 0.0808. The molecular weight excluding hydrogens is 179 g/mol. The lowest BCUT2D eigenvalue weighted by Gasteiger charge is -2.35. The first-order valence-electron chi connectivity index (χ1n) is 5.11. The van der Waals surface area contributed by atoms with E-state index in [1.807, 2.05) is 24.3 Å². The van der Waals surface area contributed by atoms with Crippen LogP contribution in [0.3, 0.4) is 0 Å². The molecule has 2 rings (SSSR count). The van der Waals surface area contributed by atoms with Crippen LogP contribution in [-0.4, -0.2) is 11.8 Å². The van der Waals surface area contributed by atoms with Crippen LogP contribution in [-0.2, 0) is 6.61 Å². The van der Waals surface area contributed by atoms with Gasteiger partial charge in [-0.15, -0.1) is 0 Å². The number of benzene rings is 1. The molecule has 1 aromatic rings. The van der Waals surface area contributed by atoms with Gasteiger partial charge >= 0.3 is 0 Å². The molecule has 1 saturated carbocycles. The molecule has 1 fully saturated rings. The highest BCUT2D eigenvalue weighted by Gasteiger charge is 2.31. The SMILES string of the molecule is OCc1ccc(C2CCC2CF)cc1. The smallest absolute Gasteiger partial charge is 0.0928 e. The molecule has 2 atom stereocenters. The summed E-state index contributed by atoms with van der Waals surface area (Å²) in [6.45, 7) is -0.121. The first-order chi connectivity index (χ1) is 6.85. The average Bonchev–Trinajstić information content (AvgIpc) is 2.18. The van der Waals surface area contributed by atoms with Crippen molar-refractivity contribution in [1.82, 2.24) is 0 Å². The quantitative estimate of drug-likeness (QED) is 0.784. The van der Waals surface area contributed by atoms with Crippen LogP contribution in [0.15, 0.2) is 24.3 Å². The maximum atomic E-state index is 12.5. The van der Waals surface area contributed by atoms with Crippen LogP contribution in [0.25, 0.3) is 0 Å². The zero-order valence-corrected chi connectivity index (χ0v) is 8.12. The van der Waals surface area contributed by atoms with Gasteiger partial charge in [-0.1, -0.05) is 24.3 Å². The standard InChI is InChI=1S/C12H15FO/c13-7-11-5-6-12(11)10-3-1-9(8-14)2-4-10/h1-4,11-12,14H,5-8H2. The van der Waals surface area contributed by atoms with Crippen LogP contribution in [0, 0.1) is 5.92 Å². The van der Waals surface area contributed by atoms with Crippen LogP contribution in [0.2, 0.25) is 0 Å². The second kappa shape index (κ2) is 4.09. The molecule has 1 aliphatic carbocycles. The number of hydrogen-bond acceptors (Lipinski definition) is 1. The van der Waals surface area contributed by atoms with Gasteiger partial charge in [0.2, 0.25) is 0 Å². The summed E-state index contributed by atoms with van der Waals surface area (Å²) < 4.78 is 12.5. The third-order valence-electron chi connectivity index (χ3n) is 3.21. The molecule has 0 aliphatic heterocycles. The third kappa shape index (κ3) is 1.67. The van der Waals surface area contributed by atoms with Gasteiger partial charge in [-0.05, 0) is 35.8 Å². The number of hydrogen-bond donors (Lipinski definition) is 1. The summed E-state index contributed by atoms with van der Waals surface area (Å²) in [7, 11) is 0. The summed E-state index contributed by atoms with van der Waals surface area (Å²) in [5.41, 5.74) is 2.14. The summed E-state index contributed by atoms with van der Waals surface area (Å²) in [5.74, 6) is 0.641. The Hall–Kier alpha value is -0.890. The fraction of sp³-hybridized carbons (Fsp3) is 0.500. The summed E-state index contributed by atoms with van der Waals surface area (Å²) in [6.07, 6.45) is 2.12. The van der Waals surface area contributed by atoms with Gasteiger partial charge < -0.3 is 5.11 Å². The van der Waals surface area contributed by atoms with Crippen molar-refractivity contribution < 1.29 is 9.50 Å². The van der Waals surface area contributed by atoms with E-state index in [4.69, 9.17) is 5.11 Å². The van der Waals surface area contributed by atoms with E-state index in [1.165, 1.54) is 5.56 Å². The normalized spacial score (nSPS) is 25.9. The topological polar surface area (TPSA) is 20.2 Å². The zero-order valence-electron chi connectivity index (χ0n) is 8.12. The van der Waals surface area contributed by atoms with Gasteiger partial charge in [0.05, 0.1) is 13.3 Å². The predicted molar refractivity (Wildman–Crippen MR) is 53.8 cm³/mol. The number of halogens is 1. The van der Waals surface area contributed by atoms with E-state index in [0.29, 0.717) is 5.92 Å². The number of aliphatic hydroxyl groups is 1. The van der Waals surface area contributed by atoms with E-state index in [2.05, 4.69) is 0 Å². The molecule has 0 radical (unpaired) electrons. The maximum absolute atomic E-state index is 12.5. The molecule has 1 N–H and O–H groups in total. The summed E-state index contributed by atoms with van der Waals surface area (Å²) in [5, 5.41) is 8.88. The van der Waals surface area contributed by atoms with Crippen molar-refractivity contribution in [3.63, 3.8) is 0 Å². The Morgan fingerprint density at radius 1 is 1.21 bits per heavy atom. The molecular formula is C12H15FO. The molecule has 0 heterocycles. The van der Waals surface area contributed by atoms with Crippen LogP contribution in [0.1, 0.15) is 29.9 Å². The molecule has 1 aliphatic rings. The number of aliphatic hydroxyl groups excluding tert-OH is 1. The molecule has 2 unspecified atom stereocenters. The Morgan fingerprint density at radius 3 is 2.36 bits per heavy atom. The van der Waals surface area contributed by atoms with Gasteiger partial charge in [-0.3, -0.25) is 4.39 Å². The van der Waals surface area contributed by atoms with Crippen LogP contribution in [0.4, 0.5) is 4.39 Å². The van der Waals surface area contributed by atoms with E-state index < -0.39 is 0 Å². The lowest BCUT2D eigenvalue weighted by molar-refractivity contribution is 0.199. The summed E-state index contributed by atoms with van der Waals surface area (Å²) in [4.78, 5) is 0. The minimum atomic E-state index is -0.202. The largest absolute Gasteiger partial charge is 0.392 e. The maximum Gasteiger partial charge on any atom is 0.0928 e. The lowest BCUT2D eigenvalue weighted by atomic mass is 9.70. The number of rotatable bonds is 3. The van der Waals surface area contributed by atoms with Gasteiger partial charge in [-0.2, -0.15) is 0 Å². The predicted octanol–water partition coefficient (Wildman–Crippen LogP) is 2.64. The first-order valence-corrected chi connectivity index (χ1v) is 5.11. The molecule has 0 aromatic heterocycles. The van der Waals surface area contributed by atoms with Crippen molar-refractivity contribution in [2.75, 3.05) is 6.67 Å². The molecule has 1 aromatic carbocycles. The monoisotopic (exact) mass is 194 g/mol. The second-order valence-corrected chi connectivity index (χ2v) is 4.00. The van der Waals surface area contributed by atoms with Gasteiger partial charge in [0.15, 0.2) is 0 Å². The molecule has 1 nitrogen and oxygen atoms in total. The Kier molecular flexibility index (Phi) is 2.82.